The first-order chi connectivity index (χ1) is 9.06. The summed E-state index contributed by atoms with van der Waals surface area (Å²) in [5.74, 6) is 0.953. The van der Waals surface area contributed by atoms with Gasteiger partial charge in [0.15, 0.2) is 5.82 Å². The molecule has 1 aromatic carbocycles. The first-order valence-corrected chi connectivity index (χ1v) is 7.29. The van der Waals surface area contributed by atoms with Crippen molar-refractivity contribution in [3.05, 3.63) is 35.4 Å². The van der Waals surface area contributed by atoms with Crippen LogP contribution in [0.25, 0.3) is 21.7 Å². The van der Waals surface area contributed by atoms with Gasteiger partial charge in [-0.25, -0.2) is 4.98 Å². The molecule has 98 valence electrons. The van der Waals surface area contributed by atoms with Crippen LogP contribution >= 0.6 is 22.9 Å². The molecule has 5 heteroatoms. The van der Waals surface area contributed by atoms with E-state index < -0.39 is 0 Å². The van der Waals surface area contributed by atoms with E-state index in [1.54, 1.807) is 11.3 Å². The fourth-order valence-corrected chi connectivity index (χ4v) is 3.16. The van der Waals surface area contributed by atoms with Crippen molar-refractivity contribution in [2.45, 2.75) is 19.9 Å². The van der Waals surface area contributed by atoms with E-state index >= 15 is 0 Å². The number of fused-ring (bicyclic) bond motifs is 1. The number of thiophene rings is 1. The summed E-state index contributed by atoms with van der Waals surface area (Å²) in [6, 6.07) is 10.0. The number of nitrogen functional groups attached to an aromatic ring is 1. The second kappa shape index (κ2) is 4.54. The number of benzene rings is 1. The molecule has 0 amide bonds. The van der Waals surface area contributed by atoms with Gasteiger partial charge in [0.25, 0.3) is 0 Å². The number of imidazole rings is 1. The Balaban J connectivity index is 2.32. The number of halogens is 1. The first kappa shape index (κ1) is 12.5. The van der Waals surface area contributed by atoms with Crippen LogP contribution in [0.1, 0.15) is 19.9 Å². The van der Waals surface area contributed by atoms with Crippen molar-refractivity contribution < 1.29 is 0 Å². The van der Waals surface area contributed by atoms with Gasteiger partial charge < -0.3 is 10.3 Å². The Morgan fingerprint density at radius 2 is 2.05 bits per heavy atom. The number of nitrogens with two attached hydrogens (primary N) is 1. The molecule has 3 nitrogen and oxygen atoms in total. The van der Waals surface area contributed by atoms with Crippen molar-refractivity contribution in [3.63, 3.8) is 0 Å². The minimum atomic E-state index is 0.307. The molecule has 0 radical (unpaired) electrons. The maximum absolute atomic E-state index is 6.10. The average Bonchev–Trinajstić information content (AvgIpc) is 2.91. The van der Waals surface area contributed by atoms with Crippen LogP contribution in [0.15, 0.2) is 30.3 Å². The fourth-order valence-electron chi connectivity index (χ4n) is 2.24. The Kier molecular flexibility index (Phi) is 2.99. The van der Waals surface area contributed by atoms with Gasteiger partial charge in [0.05, 0.1) is 20.9 Å². The van der Waals surface area contributed by atoms with Crippen molar-refractivity contribution in [1.29, 1.82) is 0 Å². The molecule has 0 spiro atoms. The molecule has 0 aliphatic rings. The average molecular weight is 292 g/mol. The molecular weight excluding hydrogens is 278 g/mol. The largest absolute Gasteiger partial charge is 0.391 e. The van der Waals surface area contributed by atoms with Crippen molar-refractivity contribution >= 4 is 39.0 Å². The summed E-state index contributed by atoms with van der Waals surface area (Å²) in [5.41, 5.74) is 7.84. The second-order valence-electron chi connectivity index (χ2n) is 4.73. The van der Waals surface area contributed by atoms with Crippen molar-refractivity contribution in [3.8, 4) is 10.7 Å². The SMILES string of the molecule is CC(C)n1c(-c2ccc(N)s2)nc2ccc(Cl)cc21. The predicted molar refractivity (Wildman–Crippen MR) is 82.9 cm³/mol. The standard InChI is InChI=1S/C14H14ClN3S/c1-8(2)18-11-7-9(15)3-4-10(11)17-14(18)12-5-6-13(16)19-12/h3-8H,16H2,1-2H3. The number of anilines is 1. The molecule has 0 atom stereocenters. The number of nitrogens with zero attached hydrogens (tertiary/aromatic N) is 2. The zero-order valence-electron chi connectivity index (χ0n) is 10.7. The molecule has 2 heterocycles. The predicted octanol–water partition coefficient (Wildman–Crippen LogP) is 4.58. The van der Waals surface area contributed by atoms with Crippen LogP contribution in [0.2, 0.25) is 5.02 Å². The summed E-state index contributed by atoms with van der Waals surface area (Å²) >= 11 is 7.65. The zero-order chi connectivity index (χ0) is 13.6. The van der Waals surface area contributed by atoms with Crippen molar-refractivity contribution in [2.75, 3.05) is 5.73 Å². The van der Waals surface area contributed by atoms with Crippen LogP contribution in [0.4, 0.5) is 5.00 Å². The molecule has 3 rings (SSSR count). The van der Waals surface area contributed by atoms with Crippen LogP contribution in [0.3, 0.4) is 0 Å². The minimum Gasteiger partial charge on any atom is -0.391 e. The van der Waals surface area contributed by atoms with E-state index in [1.807, 2.05) is 30.3 Å². The maximum atomic E-state index is 6.10. The monoisotopic (exact) mass is 291 g/mol. The molecule has 2 N–H and O–H groups in total. The van der Waals surface area contributed by atoms with Crippen molar-refractivity contribution in [2.24, 2.45) is 0 Å². The third kappa shape index (κ3) is 2.11. The zero-order valence-corrected chi connectivity index (χ0v) is 12.3. The maximum Gasteiger partial charge on any atom is 0.151 e. The molecular formula is C14H14ClN3S. The summed E-state index contributed by atoms with van der Waals surface area (Å²) in [4.78, 5) is 5.80. The molecule has 0 aliphatic carbocycles. The quantitative estimate of drug-likeness (QED) is 0.751. The van der Waals surface area contributed by atoms with E-state index in [0.717, 1.165) is 31.8 Å². The van der Waals surface area contributed by atoms with E-state index in [-0.39, 0.29) is 0 Å². The second-order valence-corrected chi connectivity index (χ2v) is 6.29. The van der Waals surface area contributed by atoms with Gasteiger partial charge in [-0.3, -0.25) is 0 Å². The highest BCUT2D eigenvalue weighted by Gasteiger charge is 2.16. The van der Waals surface area contributed by atoms with Gasteiger partial charge in [-0.05, 0) is 44.2 Å². The van der Waals surface area contributed by atoms with Gasteiger partial charge in [0.2, 0.25) is 0 Å². The van der Waals surface area contributed by atoms with Gasteiger partial charge in [-0.2, -0.15) is 0 Å². The fraction of sp³-hybridized carbons (Fsp3) is 0.214. The van der Waals surface area contributed by atoms with E-state index in [2.05, 4.69) is 18.4 Å². The molecule has 0 fully saturated rings. The van der Waals surface area contributed by atoms with Crippen LogP contribution in [-0.2, 0) is 0 Å². The Morgan fingerprint density at radius 3 is 2.68 bits per heavy atom. The molecule has 0 aliphatic heterocycles. The van der Waals surface area contributed by atoms with Gasteiger partial charge >= 0.3 is 0 Å². The van der Waals surface area contributed by atoms with Crippen LogP contribution in [0.5, 0.6) is 0 Å². The molecule has 19 heavy (non-hydrogen) atoms. The Labute approximate surface area is 120 Å². The highest BCUT2D eigenvalue weighted by atomic mass is 35.5. The number of hydrogen-bond donors (Lipinski definition) is 1. The lowest BCUT2D eigenvalue weighted by Crippen LogP contribution is -2.02. The lowest BCUT2D eigenvalue weighted by atomic mass is 10.3. The Morgan fingerprint density at radius 1 is 1.26 bits per heavy atom. The first-order valence-electron chi connectivity index (χ1n) is 6.09. The van der Waals surface area contributed by atoms with Crippen LogP contribution in [-0.4, -0.2) is 9.55 Å². The Hall–Kier alpha value is -1.52. The molecule has 0 bridgehead atoms. The third-order valence-electron chi connectivity index (χ3n) is 3.02. The van der Waals surface area contributed by atoms with E-state index in [1.165, 1.54) is 0 Å². The summed E-state index contributed by atoms with van der Waals surface area (Å²) in [6.45, 7) is 4.28. The van der Waals surface area contributed by atoms with E-state index in [0.29, 0.717) is 6.04 Å². The highest BCUT2D eigenvalue weighted by molar-refractivity contribution is 7.19. The number of hydrogen-bond acceptors (Lipinski definition) is 3. The highest BCUT2D eigenvalue weighted by Crippen LogP contribution is 2.34. The molecule has 0 unspecified atom stereocenters. The molecule has 0 saturated heterocycles. The molecule has 2 aromatic heterocycles. The van der Waals surface area contributed by atoms with Gasteiger partial charge in [-0.15, -0.1) is 11.3 Å². The van der Waals surface area contributed by atoms with Crippen LogP contribution < -0.4 is 5.73 Å². The topological polar surface area (TPSA) is 43.8 Å². The van der Waals surface area contributed by atoms with E-state index in [9.17, 15) is 0 Å². The van der Waals surface area contributed by atoms with Crippen LogP contribution in [0, 0.1) is 0 Å². The van der Waals surface area contributed by atoms with Gasteiger partial charge in [-0.1, -0.05) is 11.6 Å². The number of rotatable bonds is 2. The van der Waals surface area contributed by atoms with Gasteiger partial charge in [0.1, 0.15) is 0 Å². The normalized spacial score (nSPS) is 11.6. The van der Waals surface area contributed by atoms with Crippen molar-refractivity contribution in [1.82, 2.24) is 9.55 Å². The summed E-state index contributed by atoms with van der Waals surface area (Å²) in [7, 11) is 0. The summed E-state index contributed by atoms with van der Waals surface area (Å²) in [6.07, 6.45) is 0. The lowest BCUT2D eigenvalue weighted by Gasteiger charge is -2.12. The lowest BCUT2D eigenvalue weighted by molar-refractivity contribution is 0.625. The molecule has 3 aromatic rings. The third-order valence-corrected chi connectivity index (χ3v) is 4.16. The molecule has 0 saturated carbocycles. The summed E-state index contributed by atoms with van der Waals surface area (Å²) in [5, 5.41) is 1.53. The minimum absolute atomic E-state index is 0.307. The number of aromatic nitrogens is 2. The summed E-state index contributed by atoms with van der Waals surface area (Å²) < 4.78 is 2.20. The van der Waals surface area contributed by atoms with E-state index in [4.69, 9.17) is 22.3 Å². The van der Waals surface area contributed by atoms with Gasteiger partial charge in [0, 0.05) is 11.1 Å². The Bertz CT molecular complexity index is 742. The smallest absolute Gasteiger partial charge is 0.151 e.